The first kappa shape index (κ1) is 14.2. The Hall–Kier alpha value is -1.78. The Morgan fingerprint density at radius 2 is 1.71 bits per heavy atom. The molecule has 1 aromatic heterocycles. The van der Waals surface area contributed by atoms with Crippen molar-refractivity contribution in [3.8, 4) is 0 Å². The zero-order valence-corrected chi connectivity index (χ0v) is 11.8. The SMILES string of the molecule is [B]c1ccc(B2OCCN(c3ccccc3)CCO2)nc1. The lowest BCUT2D eigenvalue weighted by Crippen LogP contribution is -2.46. The maximum Gasteiger partial charge on any atom is 0.513 e. The highest BCUT2D eigenvalue weighted by molar-refractivity contribution is 6.60. The van der Waals surface area contributed by atoms with Crippen LogP contribution in [0.15, 0.2) is 48.7 Å². The van der Waals surface area contributed by atoms with E-state index in [2.05, 4.69) is 22.0 Å². The Labute approximate surface area is 126 Å². The molecule has 21 heavy (non-hydrogen) atoms. The summed E-state index contributed by atoms with van der Waals surface area (Å²) in [5, 5.41) is 0. The van der Waals surface area contributed by atoms with E-state index >= 15 is 0 Å². The van der Waals surface area contributed by atoms with Gasteiger partial charge >= 0.3 is 7.12 Å². The molecule has 1 aromatic carbocycles. The van der Waals surface area contributed by atoms with E-state index in [1.165, 1.54) is 5.69 Å². The molecular weight excluding hydrogens is 262 g/mol. The summed E-state index contributed by atoms with van der Waals surface area (Å²) in [6, 6.07) is 13.9. The standard InChI is InChI=1S/C15H16B2N2O2/c16-13-6-7-15(18-12-13)17-20-10-8-19(9-11-21-17)14-4-2-1-3-5-14/h1-7,12H,8-11H2. The van der Waals surface area contributed by atoms with Crippen LogP contribution in [0, 0.1) is 0 Å². The van der Waals surface area contributed by atoms with Crippen LogP contribution in [0.3, 0.4) is 0 Å². The number of aromatic nitrogens is 1. The highest BCUT2D eigenvalue weighted by Gasteiger charge is 2.25. The highest BCUT2D eigenvalue weighted by Crippen LogP contribution is 2.13. The maximum atomic E-state index is 5.79. The van der Waals surface area contributed by atoms with Gasteiger partial charge in [-0.2, -0.15) is 0 Å². The van der Waals surface area contributed by atoms with E-state index < -0.39 is 7.12 Å². The molecule has 0 bridgehead atoms. The van der Waals surface area contributed by atoms with Crippen LogP contribution in [0.25, 0.3) is 0 Å². The van der Waals surface area contributed by atoms with Gasteiger partial charge < -0.3 is 14.2 Å². The van der Waals surface area contributed by atoms with Crippen molar-refractivity contribution in [1.29, 1.82) is 0 Å². The third-order valence-corrected chi connectivity index (χ3v) is 3.43. The number of nitrogens with zero attached hydrogens (tertiary/aromatic N) is 2. The lowest BCUT2D eigenvalue weighted by atomic mass is 9.82. The molecule has 0 N–H and O–H groups in total. The summed E-state index contributed by atoms with van der Waals surface area (Å²) < 4.78 is 11.6. The van der Waals surface area contributed by atoms with Crippen molar-refractivity contribution in [3.63, 3.8) is 0 Å². The fourth-order valence-electron chi connectivity index (χ4n) is 2.32. The van der Waals surface area contributed by atoms with Crippen molar-refractivity contribution in [3.05, 3.63) is 48.7 Å². The molecule has 6 heteroatoms. The zero-order valence-electron chi connectivity index (χ0n) is 11.8. The summed E-state index contributed by atoms with van der Waals surface area (Å²) in [6.07, 6.45) is 1.62. The number of rotatable bonds is 2. The van der Waals surface area contributed by atoms with Crippen molar-refractivity contribution in [1.82, 2.24) is 4.98 Å². The van der Waals surface area contributed by atoms with Gasteiger partial charge in [0, 0.05) is 38.2 Å². The highest BCUT2D eigenvalue weighted by atomic mass is 16.6. The molecule has 1 aliphatic rings. The second-order valence-corrected chi connectivity index (χ2v) is 4.91. The molecule has 4 nitrogen and oxygen atoms in total. The van der Waals surface area contributed by atoms with Crippen molar-refractivity contribution < 1.29 is 9.31 Å². The number of hydrogen-bond acceptors (Lipinski definition) is 4. The van der Waals surface area contributed by atoms with Gasteiger partial charge in [0.25, 0.3) is 0 Å². The number of para-hydroxylation sites is 1. The largest absolute Gasteiger partial charge is 0.513 e. The van der Waals surface area contributed by atoms with Gasteiger partial charge in [-0.05, 0) is 18.2 Å². The van der Waals surface area contributed by atoms with E-state index in [1.807, 2.05) is 30.3 Å². The number of hydrogen-bond donors (Lipinski definition) is 0. The van der Waals surface area contributed by atoms with Gasteiger partial charge in [0.05, 0.1) is 5.59 Å². The Morgan fingerprint density at radius 1 is 1.00 bits per heavy atom. The first-order valence-corrected chi connectivity index (χ1v) is 7.07. The fourth-order valence-corrected chi connectivity index (χ4v) is 2.32. The number of benzene rings is 1. The lowest BCUT2D eigenvalue weighted by molar-refractivity contribution is 0.197. The van der Waals surface area contributed by atoms with Crippen LogP contribution in [0.2, 0.25) is 0 Å². The molecule has 1 fully saturated rings. The Morgan fingerprint density at radius 3 is 2.33 bits per heavy atom. The number of pyridine rings is 1. The van der Waals surface area contributed by atoms with Gasteiger partial charge in [-0.15, -0.1) is 0 Å². The van der Waals surface area contributed by atoms with Crippen LogP contribution >= 0.6 is 0 Å². The third kappa shape index (κ3) is 3.65. The molecule has 0 saturated carbocycles. The lowest BCUT2D eigenvalue weighted by Gasteiger charge is -2.28. The molecule has 2 radical (unpaired) electrons. The molecule has 2 heterocycles. The molecule has 0 unspecified atom stereocenters. The normalized spacial score (nSPS) is 16.4. The topological polar surface area (TPSA) is 34.6 Å². The van der Waals surface area contributed by atoms with Gasteiger partial charge in [-0.1, -0.05) is 29.7 Å². The van der Waals surface area contributed by atoms with Crippen LogP contribution in [-0.4, -0.2) is 46.3 Å². The van der Waals surface area contributed by atoms with E-state index in [9.17, 15) is 0 Å². The second kappa shape index (κ2) is 6.78. The van der Waals surface area contributed by atoms with Crippen LogP contribution in [0.1, 0.15) is 0 Å². The van der Waals surface area contributed by atoms with Crippen LogP contribution in [-0.2, 0) is 9.31 Å². The van der Waals surface area contributed by atoms with Gasteiger partial charge in [0.2, 0.25) is 0 Å². The fraction of sp³-hybridized carbons (Fsp3) is 0.267. The summed E-state index contributed by atoms with van der Waals surface area (Å²) >= 11 is 0. The third-order valence-electron chi connectivity index (χ3n) is 3.43. The molecule has 2 aromatic rings. The van der Waals surface area contributed by atoms with E-state index in [0.29, 0.717) is 18.7 Å². The summed E-state index contributed by atoms with van der Waals surface area (Å²) in [5.41, 5.74) is 2.59. The Bertz CT molecular complexity index is 556. The van der Waals surface area contributed by atoms with Crippen molar-refractivity contribution in [2.45, 2.75) is 0 Å². The minimum Gasteiger partial charge on any atom is -0.404 e. The molecule has 0 amide bonds. The molecule has 0 atom stereocenters. The Kier molecular flexibility index (Phi) is 4.58. The maximum absolute atomic E-state index is 5.79. The predicted molar refractivity (Wildman–Crippen MR) is 85.6 cm³/mol. The number of anilines is 1. The molecular formula is C15H16B2N2O2. The van der Waals surface area contributed by atoms with E-state index in [4.69, 9.17) is 17.2 Å². The average molecular weight is 278 g/mol. The molecule has 1 saturated heterocycles. The first-order chi connectivity index (χ1) is 10.3. The van der Waals surface area contributed by atoms with E-state index in [-0.39, 0.29) is 0 Å². The van der Waals surface area contributed by atoms with Gasteiger partial charge in [0.1, 0.15) is 7.85 Å². The van der Waals surface area contributed by atoms with Crippen molar-refractivity contribution >= 4 is 31.7 Å². The quantitative estimate of drug-likeness (QED) is 0.731. The van der Waals surface area contributed by atoms with Crippen molar-refractivity contribution in [2.24, 2.45) is 0 Å². The molecule has 0 aliphatic carbocycles. The minimum absolute atomic E-state index is 0.413. The summed E-state index contributed by atoms with van der Waals surface area (Å²) in [5.74, 6) is 0. The summed E-state index contributed by atoms with van der Waals surface area (Å²) in [6.45, 7) is 2.84. The average Bonchev–Trinajstić information content (AvgIpc) is 2.49. The van der Waals surface area contributed by atoms with Crippen LogP contribution < -0.4 is 16.0 Å². The zero-order chi connectivity index (χ0) is 14.5. The molecule has 3 rings (SSSR count). The van der Waals surface area contributed by atoms with Crippen LogP contribution in [0.4, 0.5) is 5.69 Å². The summed E-state index contributed by atoms with van der Waals surface area (Å²) in [7, 11) is 5.23. The van der Waals surface area contributed by atoms with Gasteiger partial charge in [0.15, 0.2) is 0 Å². The molecule has 1 aliphatic heterocycles. The van der Waals surface area contributed by atoms with Gasteiger partial charge in [-0.3, -0.25) is 4.98 Å². The predicted octanol–water partition coefficient (Wildman–Crippen LogP) is 0.124. The van der Waals surface area contributed by atoms with Gasteiger partial charge in [-0.25, -0.2) is 0 Å². The monoisotopic (exact) mass is 278 g/mol. The minimum atomic E-state index is -0.413. The van der Waals surface area contributed by atoms with Crippen molar-refractivity contribution in [2.75, 3.05) is 31.2 Å². The van der Waals surface area contributed by atoms with E-state index in [0.717, 1.165) is 18.7 Å². The Balaban J connectivity index is 1.62. The smallest absolute Gasteiger partial charge is 0.404 e. The summed E-state index contributed by atoms with van der Waals surface area (Å²) in [4.78, 5) is 6.52. The second-order valence-electron chi connectivity index (χ2n) is 4.91. The molecule has 104 valence electrons. The van der Waals surface area contributed by atoms with Crippen LogP contribution in [0.5, 0.6) is 0 Å². The molecule has 0 spiro atoms. The first-order valence-electron chi connectivity index (χ1n) is 7.07. The van der Waals surface area contributed by atoms with E-state index in [1.54, 1.807) is 6.20 Å².